The molecule has 0 heterocycles. The fourth-order valence-electron chi connectivity index (χ4n) is 1.27. The van der Waals surface area contributed by atoms with Gasteiger partial charge < -0.3 is 0 Å². The van der Waals surface area contributed by atoms with Crippen molar-refractivity contribution in [1.29, 1.82) is 0 Å². The van der Waals surface area contributed by atoms with Crippen LogP contribution in [-0.4, -0.2) is 5.78 Å². The molecule has 0 aliphatic heterocycles. The normalized spacial score (nSPS) is 10.1. The fourth-order valence-corrected chi connectivity index (χ4v) is 1.61. The summed E-state index contributed by atoms with van der Waals surface area (Å²) in [4.78, 5) is 10.8. The average molecular weight is 197 g/mol. The molecule has 0 saturated heterocycles. The summed E-state index contributed by atoms with van der Waals surface area (Å²) in [5.41, 5.74) is 2.13. The minimum Gasteiger partial charge on any atom is -0.300 e. The molecular formula is C11H13ClO. The number of ketones is 1. The van der Waals surface area contributed by atoms with Crippen molar-refractivity contribution < 1.29 is 4.79 Å². The Morgan fingerprint density at radius 1 is 1.46 bits per heavy atom. The SMILES string of the molecule is CCc1ccc(CC(C)=O)cc1Cl. The molecule has 0 N–H and O–H groups in total. The third-order valence-corrected chi connectivity index (χ3v) is 2.30. The van der Waals surface area contributed by atoms with Crippen LogP contribution in [-0.2, 0) is 17.6 Å². The molecule has 0 bridgehead atoms. The minimum atomic E-state index is 0.167. The number of aryl methyl sites for hydroxylation is 1. The second-order valence-electron chi connectivity index (χ2n) is 3.16. The molecule has 1 aromatic carbocycles. The van der Waals surface area contributed by atoms with E-state index in [1.54, 1.807) is 6.92 Å². The Balaban J connectivity index is 2.89. The van der Waals surface area contributed by atoms with Crippen LogP contribution in [0.15, 0.2) is 18.2 Å². The number of rotatable bonds is 3. The molecule has 0 spiro atoms. The first-order valence-corrected chi connectivity index (χ1v) is 4.78. The summed E-state index contributed by atoms with van der Waals surface area (Å²) in [5, 5.41) is 0.765. The summed E-state index contributed by atoms with van der Waals surface area (Å²) in [6, 6.07) is 5.83. The summed E-state index contributed by atoms with van der Waals surface area (Å²) in [6.07, 6.45) is 1.41. The third kappa shape index (κ3) is 2.85. The molecule has 0 unspecified atom stereocenters. The van der Waals surface area contributed by atoms with Gasteiger partial charge in [0, 0.05) is 11.4 Å². The Morgan fingerprint density at radius 2 is 2.15 bits per heavy atom. The summed E-state index contributed by atoms with van der Waals surface area (Å²) in [7, 11) is 0. The maximum absolute atomic E-state index is 10.8. The van der Waals surface area contributed by atoms with Crippen molar-refractivity contribution in [2.45, 2.75) is 26.7 Å². The Hall–Kier alpha value is -0.820. The van der Waals surface area contributed by atoms with Gasteiger partial charge in [-0.1, -0.05) is 30.7 Å². The second kappa shape index (κ2) is 4.43. The zero-order chi connectivity index (χ0) is 9.84. The van der Waals surface area contributed by atoms with Gasteiger partial charge in [0.2, 0.25) is 0 Å². The van der Waals surface area contributed by atoms with Gasteiger partial charge in [-0.05, 0) is 30.5 Å². The number of carbonyl (C=O) groups is 1. The van der Waals surface area contributed by atoms with E-state index < -0.39 is 0 Å². The van der Waals surface area contributed by atoms with E-state index in [1.165, 1.54) is 0 Å². The Morgan fingerprint density at radius 3 is 2.62 bits per heavy atom. The van der Waals surface area contributed by atoms with Crippen LogP contribution < -0.4 is 0 Å². The molecule has 1 rings (SSSR count). The number of benzene rings is 1. The molecule has 70 valence electrons. The molecule has 1 aromatic rings. The molecule has 0 radical (unpaired) electrons. The van der Waals surface area contributed by atoms with E-state index >= 15 is 0 Å². The van der Waals surface area contributed by atoms with Gasteiger partial charge in [-0.3, -0.25) is 4.79 Å². The molecule has 0 aliphatic carbocycles. The van der Waals surface area contributed by atoms with Crippen LogP contribution in [0.1, 0.15) is 25.0 Å². The van der Waals surface area contributed by atoms with Crippen molar-refractivity contribution in [3.05, 3.63) is 34.3 Å². The van der Waals surface area contributed by atoms with Crippen LogP contribution in [0.3, 0.4) is 0 Å². The van der Waals surface area contributed by atoms with E-state index in [0.717, 1.165) is 22.6 Å². The summed E-state index contributed by atoms with van der Waals surface area (Å²) >= 11 is 6.00. The van der Waals surface area contributed by atoms with Gasteiger partial charge in [0.05, 0.1) is 0 Å². The molecule has 1 nitrogen and oxygen atoms in total. The number of halogens is 1. The molecule has 2 heteroatoms. The highest BCUT2D eigenvalue weighted by molar-refractivity contribution is 6.31. The lowest BCUT2D eigenvalue weighted by atomic mass is 10.1. The monoisotopic (exact) mass is 196 g/mol. The highest BCUT2D eigenvalue weighted by atomic mass is 35.5. The van der Waals surface area contributed by atoms with Gasteiger partial charge in [-0.15, -0.1) is 0 Å². The number of hydrogen-bond donors (Lipinski definition) is 0. The number of carbonyl (C=O) groups excluding carboxylic acids is 1. The molecule has 0 atom stereocenters. The minimum absolute atomic E-state index is 0.167. The largest absolute Gasteiger partial charge is 0.300 e. The van der Waals surface area contributed by atoms with E-state index in [4.69, 9.17) is 11.6 Å². The zero-order valence-corrected chi connectivity index (χ0v) is 8.69. The van der Waals surface area contributed by atoms with Gasteiger partial charge >= 0.3 is 0 Å². The van der Waals surface area contributed by atoms with Crippen molar-refractivity contribution in [3.8, 4) is 0 Å². The van der Waals surface area contributed by atoms with Gasteiger partial charge in [0.25, 0.3) is 0 Å². The van der Waals surface area contributed by atoms with Crippen LogP contribution in [0.25, 0.3) is 0 Å². The molecule has 0 aromatic heterocycles. The van der Waals surface area contributed by atoms with Crippen LogP contribution in [0.5, 0.6) is 0 Å². The third-order valence-electron chi connectivity index (χ3n) is 1.95. The summed E-state index contributed by atoms with van der Waals surface area (Å²) in [6.45, 7) is 3.65. The predicted molar refractivity (Wildman–Crippen MR) is 55.2 cm³/mol. The first kappa shape index (κ1) is 10.3. The van der Waals surface area contributed by atoms with Crippen molar-refractivity contribution in [2.75, 3.05) is 0 Å². The van der Waals surface area contributed by atoms with Crippen molar-refractivity contribution >= 4 is 17.4 Å². The van der Waals surface area contributed by atoms with E-state index in [1.807, 2.05) is 18.2 Å². The topological polar surface area (TPSA) is 17.1 Å². The lowest BCUT2D eigenvalue weighted by Crippen LogP contribution is -1.96. The maximum atomic E-state index is 10.8. The van der Waals surface area contributed by atoms with E-state index in [-0.39, 0.29) is 5.78 Å². The van der Waals surface area contributed by atoms with Gasteiger partial charge in [-0.25, -0.2) is 0 Å². The Bertz CT molecular complexity index is 318. The molecule has 0 aliphatic rings. The predicted octanol–water partition coefficient (Wildman–Crippen LogP) is 3.03. The molecule has 13 heavy (non-hydrogen) atoms. The van der Waals surface area contributed by atoms with E-state index in [9.17, 15) is 4.79 Å². The zero-order valence-electron chi connectivity index (χ0n) is 7.93. The maximum Gasteiger partial charge on any atom is 0.134 e. The van der Waals surface area contributed by atoms with E-state index in [2.05, 4.69) is 6.92 Å². The van der Waals surface area contributed by atoms with Crippen molar-refractivity contribution in [1.82, 2.24) is 0 Å². The quantitative estimate of drug-likeness (QED) is 0.727. The fraction of sp³-hybridized carbons (Fsp3) is 0.364. The van der Waals surface area contributed by atoms with Crippen LogP contribution >= 0.6 is 11.6 Å². The molecule has 0 fully saturated rings. The molecule has 0 amide bonds. The van der Waals surface area contributed by atoms with Gasteiger partial charge in [-0.2, -0.15) is 0 Å². The average Bonchev–Trinajstić information content (AvgIpc) is 2.03. The highest BCUT2D eigenvalue weighted by Gasteiger charge is 2.01. The smallest absolute Gasteiger partial charge is 0.134 e. The highest BCUT2D eigenvalue weighted by Crippen LogP contribution is 2.18. The van der Waals surface area contributed by atoms with Gasteiger partial charge in [0.1, 0.15) is 5.78 Å². The molecule has 0 saturated carbocycles. The summed E-state index contributed by atoms with van der Waals surface area (Å²) < 4.78 is 0. The van der Waals surface area contributed by atoms with Crippen molar-refractivity contribution in [2.24, 2.45) is 0 Å². The lowest BCUT2D eigenvalue weighted by molar-refractivity contribution is -0.116. The van der Waals surface area contributed by atoms with E-state index in [0.29, 0.717) is 6.42 Å². The Kier molecular flexibility index (Phi) is 3.49. The van der Waals surface area contributed by atoms with Crippen molar-refractivity contribution in [3.63, 3.8) is 0 Å². The van der Waals surface area contributed by atoms with Gasteiger partial charge in [0.15, 0.2) is 0 Å². The first-order chi connectivity index (χ1) is 6.13. The number of Topliss-reactive ketones (excluding diaryl/α,β-unsaturated/α-hetero) is 1. The first-order valence-electron chi connectivity index (χ1n) is 4.40. The number of hydrogen-bond acceptors (Lipinski definition) is 1. The van der Waals surface area contributed by atoms with Crippen LogP contribution in [0, 0.1) is 0 Å². The molecular weight excluding hydrogens is 184 g/mol. The van der Waals surface area contributed by atoms with Crippen LogP contribution in [0.2, 0.25) is 5.02 Å². The lowest BCUT2D eigenvalue weighted by Gasteiger charge is -2.03. The standard InChI is InChI=1S/C11H13ClO/c1-3-10-5-4-9(6-8(2)13)7-11(10)12/h4-5,7H,3,6H2,1-2H3. The second-order valence-corrected chi connectivity index (χ2v) is 3.57. The summed E-state index contributed by atoms with van der Waals surface area (Å²) in [5.74, 6) is 0.167. The Labute approximate surface area is 83.7 Å². The van der Waals surface area contributed by atoms with Crippen LogP contribution in [0.4, 0.5) is 0 Å².